The maximum atomic E-state index is 4.25. The highest BCUT2D eigenvalue weighted by atomic mass is 32.1. The molecule has 94 valence electrons. The van der Waals surface area contributed by atoms with E-state index in [1.165, 1.54) is 16.2 Å². The summed E-state index contributed by atoms with van der Waals surface area (Å²) in [4.78, 5) is 6.96. The summed E-state index contributed by atoms with van der Waals surface area (Å²) in [5.74, 6) is 0.909. The topological polar surface area (TPSA) is 36.4 Å². The van der Waals surface area contributed by atoms with Gasteiger partial charge in [0.1, 0.15) is 0 Å². The summed E-state index contributed by atoms with van der Waals surface area (Å²) >= 11 is 1.83. The Morgan fingerprint density at radius 2 is 2.24 bits per heavy atom. The molecule has 1 fully saturated rings. The molecule has 1 unspecified atom stereocenters. The molecule has 0 saturated heterocycles. The zero-order chi connectivity index (χ0) is 12.5. The molecular formula is C13H21N3S. The second-order valence-electron chi connectivity index (χ2n) is 5.33. The van der Waals surface area contributed by atoms with Crippen LogP contribution in [0.3, 0.4) is 0 Å². The molecule has 0 aliphatic heterocycles. The Kier molecular flexibility index (Phi) is 3.43. The number of thiophene rings is 1. The van der Waals surface area contributed by atoms with Gasteiger partial charge in [-0.1, -0.05) is 13.8 Å². The van der Waals surface area contributed by atoms with Crippen LogP contribution >= 0.6 is 11.3 Å². The summed E-state index contributed by atoms with van der Waals surface area (Å²) in [5.41, 5.74) is 0.428. The fraction of sp³-hybridized carbons (Fsp3) is 0.615. The number of aryl methyl sites for hydroxylation is 1. The van der Waals surface area contributed by atoms with E-state index in [0.717, 1.165) is 12.5 Å². The Labute approximate surface area is 107 Å². The molecule has 2 N–H and O–H groups in total. The van der Waals surface area contributed by atoms with Crippen LogP contribution in [0.15, 0.2) is 17.1 Å². The molecule has 0 radical (unpaired) electrons. The van der Waals surface area contributed by atoms with E-state index in [2.05, 4.69) is 48.5 Å². The molecule has 0 spiro atoms. The predicted molar refractivity (Wildman–Crippen MR) is 74.6 cm³/mol. The second-order valence-corrected chi connectivity index (χ2v) is 6.70. The van der Waals surface area contributed by atoms with Crippen molar-refractivity contribution in [2.45, 2.75) is 39.8 Å². The smallest absolute Gasteiger partial charge is 0.191 e. The molecule has 0 aromatic carbocycles. The highest BCUT2D eigenvalue weighted by molar-refractivity contribution is 7.11. The maximum Gasteiger partial charge on any atom is 0.191 e. The van der Waals surface area contributed by atoms with Gasteiger partial charge in [-0.15, -0.1) is 11.3 Å². The van der Waals surface area contributed by atoms with Crippen molar-refractivity contribution in [1.29, 1.82) is 0 Å². The fourth-order valence-corrected chi connectivity index (χ4v) is 2.65. The average Bonchev–Trinajstić information content (AvgIpc) is 2.68. The van der Waals surface area contributed by atoms with Crippen LogP contribution in [0.4, 0.5) is 0 Å². The largest absolute Gasteiger partial charge is 0.353 e. The van der Waals surface area contributed by atoms with Crippen LogP contribution in [0.5, 0.6) is 0 Å². The lowest BCUT2D eigenvalue weighted by atomic mass is 10.2. The lowest BCUT2D eigenvalue weighted by molar-refractivity contribution is 0.589. The Hall–Kier alpha value is -1.03. The number of rotatable bonds is 3. The quantitative estimate of drug-likeness (QED) is 0.640. The van der Waals surface area contributed by atoms with Crippen molar-refractivity contribution in [3.8, 4) is 0 Å². The summed E-state index contributed by atoms with van der Waals surface area (Å²) in [6.45, 7) is 7.54. The van der Waals surface area contributed by atoms with Crippen LogP contribution in [0.25, 0.3) is 0 Å². The van der Waals surface area contributed by atoms with E-state index < -0.39 is 0 Å². The summed E-state index contributed by atoms with van der Waals surface area (Å²) < 4.78 is 0. The fourth-order valence-electron chi connectivity index (χ4n) is 1.82. The minimum absolute atomic E-state index is 0.428. The minimum Gasteiger partial charge on any atom is -0.353 e. The molecule has 0 amide bonds. The first-order valence-corrected chi connectivity index (χ1v) is 6.85. The third kappa shape index (κ3) is 3.22. The van der Waals surface area contributed by atoms with E-state index in [1.54, 1.807) is 0 Å². The first-order chi connectivity index (χ1) is 8.01. The molecule has 1 aromatic heterocycles. The number of aliphatic imine (C=N–C) groups is 1. The van der Waals surface area contributed by atoms with E-state index in [4.69, 9.17) is 0 Å². The van der Waals surface area contributed by atoms with Crippen molar-refractivity contribution < 1.29 is 0 Å². The van der Waals surface area contributed by atoms with Crippen LogP contribution in [-0.4, -0.2) is 19.0 Å². The van der Waals surface area contributed by atoms with Gasteiger partial charge in [0.2, 0.25) is 0 Å². The highest BCUT2D eigenvalue weighted by Gasteiger charge is 2.46. The van der Waals surface area contributed by atoms with Gasteiger partial charge in [0.25, 0.3) is 0 Å². The van der Waals surface area contributed by atoms with Crippen LogP contribution < -0.4 is 10.6 Å². The van der Waals surface area contributed by atoms with Crippen molar-refractivity contribution in [3.05, 3.63) is 21.9 Å². The van der Waals surface area contributed by atoms with Crippen LogP contribution in [-0.2, 0) is 6.54 Å². The predicted octanol–water partition coefficient (Wildman–Crippen LogP) is 2.52. The van der Waals surface area contributed by atoms with Gasteiger partial charge in [-0.3, -0.25) is 4.99 Å². The molecule has 1 aliphatic rings. The zero-order valence-corrected chi connectivity index (χ0v) is 11.8. The normalized spacial score (nSPS) is 22.4. The van der Waals surface area contributed by atoms with Crippen molar-refractivity contribution in [3.63, 3.8) is 0 Å². The molecule has 4 heteroatoms. The van der Waals surface area contributed by atoms with Crippen molar-refractivity contribution >= 4 is 17.3 Å². The van der Waals surface area contributed by atoms with E-state index in [1.807, 2.05) is 18.4 Å². The van der Waals surface area contributed by atoms with E-state index in [-0.39, 0.29) is 0 Å². The number of hydrogen-bond donors (Lipinski definition) is 2. The van der Waals surface area contributed by atoms with Gasteiger partial charge in [-0.2, -0.15) is 0 Å². The molecule has 2 rings (SSSR count). The third-order valence-electron chi connectivity index (χ3n) is 3.27. The molecule has 17 heavy (non-hydrogen) atoms. The van der Waals surface area contributed by atoms with Gasteiger partial charge in [0.05, 0.1) is 6.54 Å². The van der Waals surface area contributed by atoms with Gasteiger partial charge in [0, 0.05) is 22.8 Å². The zero-order valence-electron chi connectivity index (χ0n) is 11.0. The molecule has 3 nitrogen and oxygen atoms in total. The SMILES string of the molecule is CN=C(NCc1ccc(C)s1)NC1CC1(C)C. The summed E-state index contributed by atoms with van der Waals surface area (Å²) in [6.07, 6.45) is 1.23. The Morgan fingerprint density at radius 3 is 2.71 bits per heavy atom. The first-order valence-electron chi connectivity index (χ1n) is 6.04. The van der Waals surface area contributed by atoms with Crippen molar-refractivity contribution in [2.75, 3.05) is 7.05 Å². The number of guanidine groups is 1. The van der Waals surface area contributed by atoms with Gasteiger partial charge in [-0.25, -0.2) is 0 Å². The molecule has 1 atom stereocenters. The molecule has 0 bridgehead atoms. The van der Waals surface area contributed by atoms with E-state index in [0.29, 0.717) is 11.5 Å². The molecule has 1 aliphatic carbocycles. The first kappa shape index (κ1) is 12.4. The number of nitrogens with one attached hydrogen (secondary N) is 2. The average molecular weight is 251 g/mol. The number of hydrogen-bond acceptors (Lipinski definition) is 2. The lowest BCUT2D eigenvalue weighted by Gasteiger charge is -2.12. The van der Waals surface area contributed by atoms with Gasteiger partial charge in [-0.05, 0) is 30.9 Å². The number of nitrogens with zero attached hydrogens (tertiary/aromatic N) is 1. The van der Waals surface area contributed by atoms with Crippen molar-refractivity contribution in [1.82, 2.24) is 10.6 Å². The summed E-state index contributed by atoms with van der Waals surface area (Å²) in [7, 11) is 1.82. The van der Waals surface area contributed by atoms with Gasteiger partial charge < -0.3 is 10.6 Å². The van der Waals surface area contributed by atoms with Crippen LogP contribution in [0, 0.1) is 12.3 Å². The second kappa shape index (κ2) is 4.69. The third-order valence-corrected chi connectivity index (χ3v) is 4.27. The lowest BCUT2D eigenvalue weighted by Crippen LogP contribution is -2.39. The highest BCUT2D eigenvalue weighted by Crippen LogP contribution is 2.44. The summed E-state index contributed by atoms with van der Waals surface area (Å²) in [5, 5.41) is 6.81. The Morgan fingerprint density at radius 1 is 1.53 bits per heavy atom. The minimum atomic E-state index is 0.428. The van der Waals surface area contributed by atoms with E-state index in [9.17, 15) is 0 Å². The van der Waals surface area contributed by atoms with Crippen LogP contribution in [0.2, 0.25) is 0 Å². The van der Waals surface area contributed by atoms with Crippen molar-refractivity contribution in [2.24, 2.45) is 10.4 Å². The summed E-state index contributed by atoms with van der Waals surface area (Å²) in [6, 6.07) is 4.89. The molecule has 1 heterocycles. The Bertz CT molecular complexity index is 420. The Balaban J connectivity index is 1.81. The van der Waals surface area contributed by atoms with E-state index >= 15 is 0 Å². The monoisotopic (exact) mass is 251 g/mol. The van der Waals surface area contributed by atoms with Gasteiger partial charge in [0.15, 0.2) is 5.96 Å². The van der Waals surface area contributed by atoms with Crippen LogP contribution in [0.1, 0.15) is 30.0 Å². The molecular weight excluding hydrogens is 230 g/mol. The molecule has 1 saturated carbocycles. The van der Waals surface area contributed by atoms with Gasteiger partial charge >= 0.3 is 0 Å². The molecule has 1 aromatic rings. The standard InChI is InChI=1S/C13H21N3S/c1-9-5-6-10(17-9)8-15-12(14-4)16-11-7-13(11,2)3/h5-6,11H,7-8H2,1-4H3,(H2,14,15,16). The maximum absolute atomic E-state index is 4.25.